The molecule has 7 heteroatoms. The van der Waals surface area contributed by atoms with Gasteiger partial charge in [0.1, 0.15) is 11.7 Å². The Labute approximate surface area is 219 Å². The lowest BCUT2D eigenvalue weighted by Crippen LogP contribution is -2.49. The van der Waals surface area contributed by atoms with Crippen molar-refractivity contribution in [3.63, 3.8) is 0 Å². The van der Waals surface area contributed by atoms with Gasteiger partial charge in [-0.1, -0.05) is 55.2 Å². The molecule has 7 nitrogen and oxygen atoms in total. The fourth-order valence-corrected chi connectivity index (χ4v) is 4.37. The van der Waals surface area contributed by atoms with Crippen molar-refractivity contribution in [1.29, 1.82) is 0 Å². The van der Waals surface area contributed by atoms with Crippen LogP contribution in [0, 0.1) is 17.8 Å². The monoisotopic (exact) mass is 498 g/mol. The summed E-state index contributed by atoms with van der Waals surface area (Å²) in [4.78, 5) is 26.4. The van der Waals surface area contributed by atoms with Crippen molar-refractivity contribution >= 4 is 5.91 Å². The molecule has 0 saturated carbocycles. The Bertz CT molecular complexity index is 1240. The van der Waals surface area contributed by atoms with Crippen molar-refractivity contribution in [3.8, 4) is 17.7 Å². The number of amides is 1. The Balaban J connectivity index is 1.59. The molecule has 1 N–H and O–H groups in total. The van der Waals surface area contributed by atoms with Gasteiger partial charge < -0.3 is 14.7 Å². The number of hydrogen-bond donors (Lipinski definition) is 1. The van der Waals surface area contributed by atoms with Gasteiger partial charge in [0, 0.05) is 49.9 Å². The lowest BCUT2D eigenvalue weighted by atomic mass is 10.00. The van der Waals surface area contributed by atoms with Crippen LogP contribution in [0.1, 0.15) is 41.0 Å². The molecule has 0 unspecified atom stereocenters. The number of nitrogens with zero attached hydrogens (tertiary/aromatic N) is 4. The SMILES string of the molecule is C[C@@H]1CN([C@H](C)CO)C(=O)c2cc(C#CCc3ccccc3)cnc2O[C@@H]1CN(C)Cc1ccccn1. The molecule has 1 aliphatic rings. The Kier molecular flexibility index (Phi) is 8.89. The van der Waals surface area contributed by atoms with Crippen LogP contribution in [0.25, 0.3) is 0 Å². The van der Waals surface area contributed by atoms with Gasteiger partial charge in [-0.25, -0.2) is 4.98 Å². The highest BCUT2D eigenvalue weighted by atomic mass is 16.5. The largest absolute Gasteiger partial charge is 0.472 e. The van der Waals surface area contributed by atoms with Gasteiger partial charge in [0.25, 0.3) is 5.91 Å². The molecule has 0 radical (unpaired) electrons. The highest BCUT2D eigenvalue weighted by Crippen LogP contribution is 2.27. The van der Waals surface area contributed by atoms with E-state index in [0.717, 1.165) is 11.3 Å². The molecule has 3 atom stereocenters. The van der Waals surface area contributed by atoms with E-state index in [1.165, 1.54) is 0 Å². The summed E-state index contributed by atoms with van der Waals surface area (Å²) >= 11 is 0. The predicted octanol–water partition coefficient (Wildman–Crippen LogP) is 3.42. The van der Waals surface area contributed by atoms with Gasteiger partial charge in [-0.05, 0) is 37.7 Å². The second-order valence-corrected chi connectivity index (χ2v) is 9.68. The van der Waals surface area contributed by atoms with Gasteiger partial charge in [-0.2, -0.15) is 0 Å². The molecule has 3 heterocycles. The van der Waals surface area contributed by atoms with E-state index in [1.807, 2.05) is 62.5 Å². The van der Waals surface area contributed by atoms with E-state index in [9.17, 15) is 9.90 Å². The topological polar surface area (TPSA) is 78.8 Å². The number of pyridine rings is 2. The van der Waals surface area contributed by atoms with Gasteiger partial charge in [-0.3, -0.25) is 14.7 Å². The number of aliphatic hydroxyl groups excluding tert-OH is 1. The molecule has 0 fully saturated rings. The first-order valence-electron chi connectivity index (χ1n) is 12.6. The molecule has 0 aliphatic carbocycles. The second kappa shape index (κ2) is 12.5. The Morgan fingerprint density at radius 2 is 1.97 bits per heavy atom. The first-order valence-corrected chi connectivity index (χ1v) is 12.6. The molecule has 0 bridgehead atoms. The molecule has 0 saturated heterocycles. The van der Waals surface area contributed by atoms with Crippen LogP contribution >= 0.6 is 0 Å². The Hall–Kier alpha value is -3.73. The number of aromatic nitrogens is 2. The molecular formula is C30H34N4O3. The molecular weight excluding hydrogens is 464 g/mol. The molecule has 2 aromatic heterocycles. The minimum atomic E-state index is -0.333. The fraction of sp³-hybridized carbons (Fsp3) is 0.367. The third-order valence-electron chi connectivity index (χ3n) is 6.54. The van der Waals surface area contributed by atoms with Crippen LogP contribution in [0.2, 0.25) is 0 Å². The lowest BCUT2D eigenvalue weighted by Gasteiger charge is -2.37. The summed E-state index contributed by atoms with van der Waals surface area (Å²) in [6.45, 7) is 5.57. The second-order valence-electron chi connectivity index (χ2n) is 9.68. The number of fused-ring (bicyclic) bond motifs is 1. The number of likely N-dealkylation sites (N-methyl/N-ethyl adjacent to an activating group) is 1. The number of carbonyl (C=O) groups is 1. The van der Waals surface area contributed by atoms with Gasteiger partial charge in [-0.15, -0.1) is 0 Å². The maximum Gasteiger partial charge on any atom is 0.259 e. The smallest absolute Gasteiger partial charge is 0.259 e. The van der Waals surface area contributed by atoms with E-state index in [0.29, 0.717) is 43.1 Å². The zero-order valence-electron chi connectivity index (χ0n) is 21.7. The minimum Gasteiger partial charge on any atom is -0.472 e. The maximum absolute atomic E-state index is 13.6. The normalized spacial score (nSPS) is 18.2. The first-order chi connectivity index (χ1) is 17.9. The summed E-state index contributed by atoms with van der Waals surface area (Å²) < 4.78 is 6.39. The molecule has 0 spiro atoms. The average Bonchev–Trinajstić information content (AvgIpc) is 2.91. The summed E-state index contributed by atoms with van der Waals surface area (Å²) in [5.74, 6) is 6.42. The van der Waals surface area contributed by atoms with Crippen LogP contribution in [0.3, 0.4) is 0 Å². The van der Waals surface area contributed by atoms with Gasteiger partial charge in [0.05, 0.1) is 18.3 Å². The number of ether oxygens (including phenoxy) is 1. The summed E-state index contributed by atoms with van der Waals surface area (Å²) in [6, 6.07) is 17.3. The summed E-state index contributed by atoms with van der Waals surface area (Å²) in [5.41, 5.74) is 3.13. The predicted molar refractivity (Wildman–Crippen MR) is 143 cm³/mol. The van der Waals surface area contributed by atoms with E-state index in [-0.39, 0.29) is 30.6 Å². The van der Waals surface area contributed by atoms with Crippen LogP contribution in [-0.4, -0.2) is 69.7 Å². The summed E-state index contributed by atoms with van der Waals surface area (Å²) in [7, 11) is 2.03. The Morgan fingerprint density at radius 3 is 2.70 bits per heavy atom. The zero-order chi connectivity index (χ0) is 26.2. The quantitative estimate of drug-likeness (QED) is 0.503. The highest BCUT2D eigenvalue weighted by molar-refractivity contribution is 5.97. The van der Waals surface area contributed by atoms with Crippen molar-refractivity contribution in [1.82, 2.24) is 19.8 Å². The number of rotatable bonds is 7. The van der Waals surface area contributed by atoms with Crippen molar-refractivity contribution in [2.45, 2.75) is 39.0 Å². The lowest BCUT2D eigenvalue weighted by molar-refractivity contribution is 0.0324. The van der Waals surface area contributed by atoms with E-state index in [4.69, 9.17) is 4.74 Å². The molecule has 4 rings (SSSR count). The van der Waals surface area contributed by atoms with Crippen molar-refractivity contribution in [2.75, 3.05) is 26.7 Å². The van der Waals surface area contributed by atoms with Gasteiger partial charge in [0.2, 0.25) is 5.88 Å². The van der Waals surface area contributed by atoms with Crippen LogP contribution in [0.15, 0.2) is 67.0 Å². The minimum absolute atomic E-state index is 0.0180. The van der Waals surface area contributed by atoms with Gasteiger partial charge in [0.15, 0.2) is 0 Å². The van der Waals surface area contributed by atoms with Crippen molar-refractivity contribution in [3.05, 3.63) is 89.4 Å². The van der Waals surface area contributed by atoms with E-state index >= 15 is 0 Å². The Morgan fingerprint density at radius 1 is 1.19 bits per heavy atom. The maximum atomic E-state index is 13.6. The van der Waals surface area contributed by atoms with Gasteiger partial charge >= 0.3 is 0 Å². The van der Waals surface area contributed by atoms with E-state index < -0.39 is 0 Å². The third-order valence-corrected chi connectivity index (χ3v) is 6.54. The van der Waals surface area contributed by atoms with Crippen LogP contribution in [0.4, 0.5) is 0 Å². The standard InChI is InChI=1S/C30H34N4O3/c1-22-18-34(23(2)21-35)30(36)27-16-25(13-9-12-24-10-5-4-6-11-24)17-32-29(27)37-28(22)20-33(3)19-26-14-7-8-15-31-26/h4-8,10-11,14-17,22-23,28,35H,12,18-21H2,1-3H3/t22-,23-,28-/m1/s1. The fourth-order valence-electron chi connectivity index (χ4n) is 4.37. The average molecular weight is 499 g/mol. The summed E-state index contributed by atoms with van der Waals surface area (Å²) in [5, 5.41) is 9.88. The van der Waals surface area contributed by atoms with Crippen molar-refractivity contribution in [2.24, 2.45) is 5.92 Å². The molecule has 1 aliphatic heterocycles. The van der Waals surface area contributed by atoms with Crippen molar-refractivity contribution < 1.29 is 14.6 Å². The number of benzene rings is 1. The molecule has 3 aromatic rings. The first kappa shape index (κ1) is 26.3. The van der Waals surface area contributed by atoms with Crippen LogP contribution < -0.4 is 4.74 Å². The zero-order valence-corrected chi connectivity index (χ0v) is 21.7. The van der Waals surface area contributed by atoms with E-state index in [2.05, 4.69) is 33.6 Å². The molecule has 1 aromatic carbocycles. The third kappa shape index (κ3) is 6.94. The van der Waals surface area contributed by atoms with Crippen LogP contribution in [-0.2, 0) is 13.0 Å². The molecule has 1 amide bonds. The number of carbonyl (C=O) groups excluding carboxylic acids is 1. The summed E-state index contributed by atoms with van der Waals surface area (Å²) in [6.07, 6.45) is 3.85. The van der Waals surface area contributed by atoms with E-state index in [1.54, 1.807) is 23.4 Å². The molecule has 37 heavy (non-hydrogen) atoms. The molecule has 192 valence electrons. The number of aliphatic hydroxyl groups is 1. The van der Waals surface area contributed by atoms with Crippen LogP contribution in [0.5, 0.6) is 5.88 Å². The highest BCUT2D eigenvalue weighted by Gasteiger charge is 2.34. The number of hydrogen-bond acceptors (Lipinski definition) is 6.